The lowest BCUT2D eigenvalue weighted by Crippen LogP contribution is -2.36. The Kier molecular flexibility index (Phi) is 3.09. The highest BCUT2D eigenvalue weighted by molar-refractivity contribution is 5.06. The minimum absolute atomic E-state index is 0.125. The van der Waals surface area contributed by atoms with E-state index < -0.39 is 5.60 Å². The zero-order chi connectivity index (χ0) is 12.6. The van der Waals surface area contributed by atoms with E-state index in [0.29, 0.717) is 30.8 Å². The van der Waals surface area contributed by atoms with Gasteiger partial charge in [0, 0.05) is 33.2 Å². The lowest BCUT2D eigenvalue weighted by atomic mass is 9.93. The molecule has 2 aliphatic rings. The Morgan fingerprint density at radius 3 is 2.72 bits per heavy atom. The van der Waals surface area contributed by atoms with Crippen LogP contribution in [-0.4, -0.2) is 30.5 Å². The normalized spacial score (nSPS) is 25.0. The number of rotatable bonds is 4. The van der Waals surface area contributed by atoms with Crippen molar-refractivity contribution in [2.75, 3.05) is 20.3 Å². The third-order valence-electron chi connectivity index (χ3n) is 3.96. The first-order valence-corrected chi connectivity index (χ1v) is 6.48. The second-order valence-electron chi connectivity index (χ2n) is 5.13. The molecule has 1 saturated heterocycles. The largest absolute Gasteiger partial charge is 0.381 e. The molecule has 18 heavy (non-hydrogen) atoms. The quantitative estimate of drug-likeness (QED) is 0.866. The molecule has 3 rings (SSSR count). The van der Waals surface area contributed by atoms with Crippen LogP contribution in [0.1, 0.15) is 43.4 Å². The molecule has 0 radical (unpaired) electrons. The zero-order valence-electron chi connectivity index (χ0n) is 10.6. The van der Waals surface area contributed by atoms with E-state index >= 15 is 0 Å². The van der Waals surface area contributed by atoms with Gasteiger partial charge in [-0.2, -0.15) is 4.98 Å². The fourth-order valence-electron chi connectivity index (χ4n) is 2.43. The van der Waals surface area contributed by atoms with Crippen molar-refractivity contribution >= 4 is 0 Å². The molecule has 0 spiro atoms. The predicted octanol–water partition coefficient (Wildman–Crippen LogP) is 1.13. The summed E-state index contributed by atoms with van der Waals surface area (Å²) in [7, 11) is 1.68. The van der Waals surface area contributed by atoms with E-state index in [0.717, 1.165) is 25.7 Å². The molecule has 2 fully saturated rings. The minimum Gasteiger partial charge on any atom is -0.381 e. The van der Waals surface area contributed by atoms with Gasteiger partial charge in [-0.05, 0) is 18.8 Å². The molecule has 2 heterocycles. The van der Waals surface area contributed by atoms with Crippen molar-refractivity contribution in [2.45, 2.75) is 37.3 Å². The molecule has 0 aromatic carbocycles. The highest BCUT2D eigenvalue weighted by Crippen LogP contribution is 2.40. The van der Waals surface area contributed by atoms with Crippen LogP contribution in [0.3, 0.4) is 0 Å². The Morgan fingerprint density at radius 2 is 2.11 bits per heavy atom. The first kappa shape index (κ1) is 12.1. The van der Waals surface area contributed by atoms with Gasteiger partial charge in [0.25, 0.3) is 0 Å². The number of ether oxygens (including phenoxy) is 2. The third-order valence-corrected chi connectivity index (χ3v) is 3.96. The average molecular weight is 253 g/mol. The van der Waals surface area contributed by atoms with Crippen molar-refractivity contribution in [2.24, 2.45) is 11.7 Å². The van der Waals surface area contributed by atoms with Crippen molar-refractivity contribution < 1.29 is 14.0 Å². The molecule has 1 saturated carbocycles. The predicted molar refractivity (Wildman–Crippen MR) is 62.7 cm³/mol. The Labute approximate surface area is 106 Å². The summed E-state index contributed by atoms with van der Waals surface area (Å²) in [5.74, 6) is 1.65. The summed E-state index contributed by atoms with van der Waals surface area (Å²) in [4.78, 5) is 4.45. The summed E-state index contributed by atoms with van der Waals surface area (Å²) in [6.07, 6.45) is 3.81. The van der Waals surface area contributed by atoms with E-state index in [9.17, 15) is 0 Å². The van der Waals surface area contributed by atoms with Crippen molar-refractivity contribution in [1.82, 2.24) is 10.1 Å². The van der Waals surface area contributed by atoms with Gasteiger partial charge >= 0.3 is 0 Å². The molecule has 1 aromatic heterocycles. The molecular formula is C12H19N3O3. The van der Waals surface area contributed by atoms with Crippen LogP contribution in [0.25, 0.3) is 0 Å². The highest BCUT2D eigenvalue weighted by atomic mass is 16.5. The molecular weight excluding hydrogens is 234 g/mol. The summed E-state index contributed by atoms with van der Waals surface area (Å²) < 4.78 is 16.3. The molecule has 1 aliphatic carbocycles. The van der Waals surface area contributed by atoms with E-state index in [1.807, 2.05) is 0 Å². The minimum atomic E-state index is -0.469. The van der Waals surface area contributed by atoms with Crippen LogP contribution in [0.15, 0.2) is 4.52 Å². The fraction of sp³-hybridized carbons (Fsp3) is 0.833. The SMILES string of the molecule is COC1(c2noc(C(N)C3CC3)n2)CCOCC1. The maximum absolute atomic E-state index is 6.07. The van der Waals surface area contributed by atoms with Gasteiger partial charge in [-0.3, -0.25) is 0 Å². The van der Waals surface area contributed by atoms with Crippen LogP contribution >= 0.6 is 0 Å². The molecule has 6 nitrogen and oxygen atoms in total. The number of methoxy groups -OCH3 is 1. The standard InChI is InChI=1S/C12H19N3O3/c1-16-12(4-6-17-7-5-12)11-14-10(18-15-11)9(13)8-2-3-8/h8-9H,2-7,13H2,1H3. The molecule has 2 N–H and O–H groups in total. The average Bonchev–Trinajstić information content (AvgIpc) is 3.15. The van der Waals surface area contributed by atoms with Crippen molar-refractivity contribution in [3.05, 3.63) is 11.7 Å². The van der Waals surface area contributed by atoms with Crippen LogP contribution in [-0.2, 0) is 15.1 Å². The van der Waals surface area contributed by atoms with Gasteiger partial charge < -0.3 is 19.7 Å². The maximum atomic E-state index is 6.07. The Hall–Kier alpha value is -0.980. The van der Waals surface area contributed by atoms with Crippen LogP contribution in [0, 0.1) is 5.92 Å². The number of aromatic nitrogens is 2. The fourth-order valence-corrected chi connectivity index (χ4v) is 2.43. The second kappa shape index (κ2) is 4.60. The van der Waals surface area contributed by atoms with Crippen LogP contribution < -0.4 is 5.73 Å². The van der Waals surface area contributed by atoms with Crippen molar-refractivity contribution in [1.29, 1.82) is 0 Å². The van der Waals surface area contributed by atoms with Gasteiger partial charge in [0.1, 0.15) is 5.60 Å². The summed E-state index contributed by atoms with van der Waals surface area (Å²) in [6.45, 7) is 1.32. The monoisotopic (exact) mass is 253 g/mol. The Bertz CT molecular complexity index is 410. The number of nitrogens with two attached hydrogens (primary N) is 1. The smallest absolute Gasteiger partial charge is 0.243 e. The van der Waals surface area contributed by atoms with E-state index in [4.69, 9.17) is 19.7 Å². The molecule has 1 aromatic rings. The molecule has 0 bridgehead atoms. The van der Waals surface area contributed by atoms with E-state index in [1.165, 1.54) is 0 Å². The van der Waals surface area contributed by atoms with Crippen LogP contribution in [0.2, 0.25) is 0 Å². The summed E-state index contributed by atoms with van der Waals surface area (Å²) >= 11 is 0. The topological polar surface area (TPSA) is 83.4 Å². The molecule has 6 heteroatoms. The molecule has 1 unspecified atom stereocenters. The second-order valence-corrected chi connectivity index (χ2v) is 5.13. The lowest BCUT2D eigenvalue weighted by molar-refractivity contribution is -0.101. The number of hydrogen-bond donors (Lipinski definition) is 1. The Balaban J connectivity index is 1.81. The molecule has 100 valence electrons. The first-order valence-electron chi connectivity index (χ1n) is 6.48. The number of nitrogens with zero attached hydrogens (tertiary/aromatic N) is 2. The molecule has 0 amide bonds. The van der Waals surface area contributed by atoms with Gasteiger partial charge in [0.2, 0.25) is 11.7 Å². The molecule has 1 atom stereocenters. The van der Waals surface area contributed by atoms with Crippen LogP contribution in [0.4, 0.5) is 0 Å². The van der Waals surface area contributed by atoms with Crippen molar-refractivity contribution in [3.63, 3.8) is 0 Å². The van der Waals surface area contributed by atoms with E-state index in [2.05, 4.69) is 10.1 Å². The van der Waals surface area contributed by atoms with Crippen molar-refractivity contribution in [3.8, 4) is 0 Å². The van der Waals surface area contributed by atoms with E-state index in [-0.39, 0.29) is 6.04 Å². The third kappa shape index (κ3) is 2.04. The number of hydrogen-bond acceptors (Lipinski definition) is 6. The molecule has 1 aliphatic heterocycles. The van der Waals surface area contributed by atoms with Gasteiger partial charge in [0.05, 0.1) is 6.04 Å². The van der Waals surface area contributed by atoms with Gasteiger partial charge in [-0.1, -0.05) is 5.16 Å². The zero-order valence-corrected chi connectivity index (χ0v) is 10.6. The van der Waals surface area contributed by atoms with E-state index in [1.54, 1.807) is 7.11 Å². The maximum Gasteiger partial charge on any atom is 0.243 e. The summed E-state index contributed by atoms with van der Waals surface area (Å²) in [5.41, 5.74) is 5.60. The van der Waals surface area contributed by atoms with Crippen LogP contribution in [0.5, 0.6) is 0 Å². The first-order chi connectivity index (χ1) is 8.75. The van der Waals surface area contributed by atoms with Gasteiger partial charge in [-0.25, -0.2) is 0 Å². The lowest BCUT2D eigenvalue weighted by Gasteiger charge is -2.32. The van der Waals surface area contributed by atoms with Gasteiger partial charge in [0.15, 0.2) is 0 Å². The summed E-state index contributed by atoms with van der Waals surface area (Å²) in [6, 6.07) is -0.125. The summed E-state index contributed by atoms with van der Waals surface area (Å²) in [5, 5.41) is 4.07. The van der Waals surface area contributed by atoms with Gasteiger partial charge in [-0.15, -0.1) is 0 Å². The Morgan fingerprint density at radius 1 is 1.39 bits per heavy atom. The highest BCUT2D eigenvalue weighted by Gasteiger charge is 2.41.